The van der Waals surface area contributed by atoms with Crippen molar-refractivity contribution in [2.75, 3.05) is 20.1 Å². The van der Waals surface area contributed by atoms with Crippen LogP contribution in [0, 0.1) is 0 Å². The summed E-state index contributed by atoms with van der Waals surface area (Å²) in [4.78, 5) is 0. The zero-order valence-electron chi connectivity index (χ0n) is 10.7. The summed E-state index contributed by atoms with van der Waals surface area (Å²) < 4.78 is 28.2. The van der Waals surface area contributed by atoms with E-state index in [2.05, 4.69) is 19.2 Å². The molecule has 1 aliphatic heterocycles. The van der Waals surface area contributed by atoms with Crippen LogP contribution in [0.3, 0.4) is 0 Å². The first kappa shape index (κ1) is 13.0. The molecule has 1 aliphatic rings. The van der Waals surface area contributed by atoms with Crippen molar-refractivity contribution in [3.63, 3.8) is 0 Å². The van der Waals surface area contributed by atoms with Crippen LogP contribution in [0.15, 0.2) is 12.1 Å². The Morgan fingerprint density at radius 1 is 1.33 bits per heavy atom. The maximum absolute atomic E-state index is 12.2. The second-order valence-electron chi connectivity index (χ2n) is 4.39. The summed E-state index contributed by atoms with van der Waals surface area (Å²) in [5, 5.41) is 3.30. The van der Waals surface area contributed by atoms with Gasteiger partial charge in [0.05, 0.1) is 0 Å². The summed E-state index contributed by atoms with van der Waals surface area (Å²) in [6.45, 7) is 4.54. The Morgan fingerprint density at radius 2 is 2.06 bits per heavy atom. The highest BCUT2D eigenvalue weighted by Gasteiger charge is 2.18. The first-order valence-electron chi connectivity index (χ1n) is 6.05. The molecule has 0 aliphatic carbocycles. The quantitative estimate of drug-likeness (QED) is 0.846. The Hall–Kier alpha value is -1.49. The Labute approximate surface area is 106 Å². The van der Waals surface area contributed by atoms with Crippen molar-refractivity contribution in [1.29, 1.82) is 0 Å². The van der Waals surface area contributed by atoms with E-state index in [1.165, 1.54) is 0 Å². The molecule has 100 valence electrons. The number of hydrogen-bond acceptors (Lipinski definition) is 4. The third kappa shape index (κ3) is 3.04. The number of ether oxygens (including phenoxy) is 3. The molecular weight excluding hydrogens is 237 g/mol. The SMILES string of the molecule is CC(C)NCc1cc2c(cc1OCCF)OCO2. The van der Waals surface area contributed by atoms with E-state index in [0.717, 1.165) is 5.56 Å². The highest BCUT2D eigenvalue weighted by molar-refractivity contribution is 5.51. The smallest absolute Gasteiger partial charge is 0.231 e. The van der Waals surface area contributed by atoms with E-state index >= 15 is 0 Å². The van der Waals surface area contributed by atoms with Gasteiger partial charge in [-0.15, -0.1) is 0 Å². The second kappa shape index (κ2) is 5.91. The number of rotatable bonds is 6. The van der Waals surface area contributed by atoms with Gasteiger partial charge in [0.2, 0.25) is 6.79 Å². The Morgan fingerprint density at radius 3 is 2.72 bits per heavy atom. The largest absolute Gasteiger partial charge is 0.490 e. The van der Waals surface area contributed by atoms with Crippen LogP contribution in [0.1, 0.15) is 19.4 Å². The average Bonchev–Trinajstić information content (AvgIpc) is 2.79. The van der Waals surface area contributed by atoms with Gasteiger partial charge in [-0.25, -0.2) is 4.39 Å². The van der Waals surface area contributed by atoms with Crippen molar-refractivity contribution in [2.45, 2.75) is 26.4 Å². The fourth-order valence-electron chi connectivity index (χ4n) is 1.70. The van der Waals surface area contributed by atoms with E-state index in [4.69, 9.17) is 14.2 Å². The van der Waals surface area contributed by atoms with Crippen molar-refractivity contribution in [3.05, 3.63) is 17.7 Å². The molecule has 0 bridgehead atoms. The van der Waals surface area contributed by atoms with Gasteiger partial charge in [-0.05, 0) is 6.07 Å². The lowest BCUT2D eigenvalue weighted by Crippen LogP contribution is -2.22. The lowest BCUT2D eigenvalue weighted by molar-refractivity contribution is 0.173. The number of benzene rings is 1. The van der Waals surface area contributed by atoms with Crippen LogP contribution in [0.4, 0.5) is 4.39 Å². The highest BCUT2D eigenvalue weighted by atomic mass is 19.1. The molecular formula is C13H18FNO3. The molecule has 1 heterocycles. The molecule has 0 atom stereocenters. The molecule has 0 amide bonds. The molecule has 0 aromatic heterocycles. The van der Waals surface area contributed by atoms with Gasteiger partial charge in [-0.2, -0.15) is 0 Å². The molecule has 18 heavy (non-hydrogen) atoms. The van der Waals surface area contributed by atoms with Crippen LogP contribution in [0.25, 0.3) is 0 Å². The Balaban J connectivity index is 2.17. The van der Waals surface area contributed by atoms with Crippen LogP contribution >= 0.6 is 0 Å². The lowest BCUT2D eigenvalue weighted by Gasteiger charge is -2.14. The van der Waals surface area contributed by atoms with Gasteiger partial charge in [0.15, 0.2) is 11.5 Å². The van der Waals surface area contributed by atoms with Crippen LogP contribution in [-0.4, -0.2) is 26.1 Å². The van der Waals surface area contributed by atoms with E-state index in [1.807, 2.05) is 6.07 Å². The molecule has 1 aromatic rings. The first-order chi connectivity index (χ1) is 8.70. The van der Waals surface area contributed by atoms with Crippen LogP contribution < -0.4 is 19.5 Å². The van der Waals surface area contributed by atoms with Crippen LogP contribution in [0.2, 0.25) is 0 Å². The maximum atomic E-state index is 12.2. The van der Waals surface area contributed by atoms with Crippen molar-refractivity contribution in [3.8, 4) is 17.2 Å². The van der Waals surface area contributed by atoms with Crippen LogP contribution in [-0.2, 0) is 6.54 Å². The van der Waals surface area contributed by atoms with E-state index in [9.17, 15) is 4.39 Å². The van der Waals surface area contributed by atoms with E-state index in [1.54, 1.807) is 6.07 Å². The van der Waals surface area contributed by atoms with Gasteiger partial charge >= 0.3 is 0 Å². The second-order valence-corrected chi connectivity index (χ2v) is 4.39. The third-order valence-corrected chi connectivity index (χ3v) is 2.59. The molecule has 0 unspecified atom stereocenters. The first-order valence-corrected chi connectivity index (χ1v) is 6.05. The molecule has 0 saturated carbocycles. The molecule has 5 heteroatoms. The minimum atomic E-state index is -0.508. The van der Waals surface area contributed by atoms with Gasteiger partial charge < -0.3 is 19.5 Å². The number of hydrogen-bond donors (Lipinski definition) is 1. The zero-order chi connectivity index (χ0) is 13.0. The molecule has 0 radical (unpaired) electrons. The van der Waals surface area contributed by atoms with Crippen molar-refractivity contribution < 1.29 is 18.6 Å². The minimum absolute atomic E-state index is 0.0499. The third-order valence-electron chi connectivity index (χ3n) is 2.59. The summed E-state index contributed by atoms with van der Waals surface area (Å²) in [6.07, 6.45) is 0. The van der Waals surface area contributed by atoms with Crippen molar-refractivity contribution >= 4 is 0 Å². The molecule has 1 aromatic carbocycles. The van der Waals surface area contributed by atoms with E-state index in [0.29, 0.717) is 29.8 Å². The van der Waals surface area contributed by atoms with Gasteiger partial charge in [0.25, 0.3) is 0 Å². The number of fused-ring (bicyclic) bond motifs is 1. The summed E-state index contributed by atoms with van der Waals surface area (Å²) in [6, 6.07) is 4.00. The van der Waals surface area contributed by atoms with E-state index < -0.39 is 6.67 Å². The van der Waals surface area contributed by atoms with Crippen molar-refractivity contribution in [2.24, 2.45) is 0 Å². The fraction of sp³-hybridized carbons (Fsp3) is 0.538. The molecule has 0 saturated heterocycles. The van der Waals surface area contributed by atoms with Gasteiger partial charge in [-0.3, -0.25) is 0 Å². The monoisotopic (exact) mass is 255 g/mol. The Bertz CT molecular complexity index is 409. The molecule has 2 rings (SSSR count). The number of alkyl halides is 1. The lowest BCUT2D eigenvalue weighted by atomic mass is 10.1. The summed E-state index contributed by atoms with van der Waals surface area (Å²) in [5.41, 5.74) is 0.946. The van der Waals surface area contributed by atoms with Crippen molar-refractivity contribution in [1.82, 2.24) is 5.32 Å². The normalized spacial score (nSPS) is 13.1. The topological polar surface area (TPSA) is 39.7 Å². The summed E-state index contributed by atoms with van der Waals surface area (Å²) in [5.74, 6) is 2.00. The van der Waals surface area contributed by atoms with Gasteiger partial charge in [0, 0.05) is 24.2 Å². The van der Waals surface area contributed by atoms with Crippen LogP contribution in [0.5, 0.6) is 17.2 Å². The standard InChI is InChI=1S/C13H18FNO3/c1-9(2)15-7-10-5-12-13(18-8-17-12)6-11(10)16-4-3-14/h5-6,9,15H,3-4,7-8H2,1-2H3. The Kier molecular flexibility index (Phi) is 4.25. The molecule has 0 fully saturated rings. The zero-order valence-corrected chi connectivity index (χ0v) is 10.7. The maximum Gasteiger partial charge on any atom is 0.231 e. The molecule has 0 spiro atoms. The van der Waals surface area contributed by atoms with Gasteiger partial charge in [0.1, 0.15) is 19.0 Å². The molecule has 4 nitrogen and oxygen atoms in total. The summed E-state index contributed by atoms with van der Waals surface area (Å²) in [7, 11) is 0. The number of nitrogens with one attached hydrogen (secondary N) is 1. The molecule has 1 N–H and O–H groups in total. The van der Waals surface area contributed by atoms with E-state index in [-0.39, 0.29) is 13.4 Å². The summed E-state index contributed by atoms with van der Waals surface area (Å²) >= 11 is 0. The highest BCUT2D eigenvalue weighted by Crippen LogP contribution is 2.38. The average molecular weight is 255 g/mol. The minimum Gasteiger partial charge on any atom is -0.490 e. The fourth-order valence-corrected chi connectivity index (χ4v) is 1.70. The van der Waals surface area contributed by atoms with Gasteiger partial charge in [-0.1, -0.05) is 13.8 Å². The predicted molar refractivity (Wildman–Crippen MR) is 66.0 cm³/mol. The number of halogens is 1. The predicted octanol–water partition coefficient (Wildman–Crippen LogP) is 2.26.